The van der Waals surface area contributed by atoms with Crippen molar-refractivity contribution >= 4 is 34.9 Å². The van der Waals surface area contributed by atoms with Gasteiger partial charge in [0.05, 0.1) is 10.7 Å². The Morgan fingerprint density at radius 3 is 2.64 bits per heavy atom. The molecule has 0 saturated heterocycles. The second-order valence-corrected chi connectivity index (χ2v) is 5.28. The van der Waals surface area contributed by atoms with Crippen LogP contribution in [0.15, 0.2) is 33.9 Å². The van der Waals surface area contributed by atoms with Gasteiger partial charge in [-0.1, -0.05) is 23.2 Å². The summed E-state index contributed by atoms with van der Waals surface area (Å²) < 4.78 is 0.857. The number of halogens is 2. The summed E-state index contributed by atoms with van der Waals surface area (Å²) in [7, 11) is 0. The van der Waals surface area contributed by atoms with Crippen LogP contribution in [0.1, 0.15) is 5.69 Å². The lowest BCUT2D eigenvalue weighted by Gasteiger charge is -2.10. The molecule has 0 aliphatic rings. The number of amides is 2. The fourth-order valence-corrected chi connectivity index (χ4v) is 2.15. The maximum Gasteiger partial charge on any atom is 0.330 e. The second kappa shape index (κ2) is 6.67. The number of anilines is 1. The number of aryl methyl sites for hydroxylation is 1. The van der Waals surface area contributed by atoms with Crippen molar-refractivity contribution in [1.29, 1.82) is 0 Å². The first-order valence-corrected chi connectivity index (χ1v) is 6.93. The summed E-state index contributed by atoms with van der Waals surface area (Å²) in [6, 6.07) is 5.23. The Morgan fingerprint density at radius 2 is 2.00 bits per heavy atom. The number of carbonyl (C=O) groups is 1. The maximum absolute atomic E-state index is 11.8. The Bertz CT molecular complexity index is 798. The molecule has 3 N–H and O–H groups in total. The number of urea groups is 1. The van der Waals surface area contributed by atoms with Crippen LogP contribution in [0.2, 0.25) is 10.0 Å². The van der Waals surface area contributed by atoms with Gasteiger partial charge < -0.3 is 15.6 Å². The SMILES string of the molecule is Cc1cc(=O)n(CNC(=O)Nc2ccc(Cl)cc2Cl)c(=O)[nH]1. The summed E-state index contributed by atoms with van der Waals surface area (Å²) in [5.74, 6) is 0. The fraction of sp³-hybridized carbons (Fsp3) is 0.154. The van der Waals surface area contributed by atoms with Gasteiger partial charge in [-0.2, -0.15) is 0 Å². The van der Waals surface area contributed by atoms with Crippen molar-refractivity contribution in [3.8, 4) is 0 Å². The highest BCUT2D eigenvalue weighted by Gasteiger charge is 2.07. The molecule has 0 spiro atoms. The smallest absolute Gasteiger partial charge is 0.320 e. The number of benzene rings is 1. The zero-order valence-corrected chi connectivity index (χ0v) is 13.0. The van der Waals surface area contributed by atoms with Gasteiger partial charge in [-0.25, -0.2) is 14.2 Å². The lowest BCUT2D eigenvalue weighted by Crippen LogP contribution is -2.42. The molecule has 1 aromatic heterocycles. The van der Waals surface area contributed by atoms with E-state index in [-0.39, 0.29) is 11.7 Å². The van der Waals surface area contributed by atoms with Crippen LogP contribution in [0, 0.1) is 6.92 Å². The first-order valence-electron chi connectivity index (χ1n) is 6.17. The van der Waals surface area contributed by atoms with Crippen LogP contribution in [-0.4, -0.2) is 15.6 Å². The van der Waals surface area contributed by atoms with E-state index in [0.29, 0.717) is 16.4 Å². The van der Waals surface area contributed by atoms with Gasteiger partial charge in [-0.15, -0.1) is 0 Å². The number of aromatic nitrogens is 2. The molecule has 0 bridgehead atoms. The average molecular weight is 343 g/mol. The molecular weight excluding hydrogens is 331 g/mol. The number of aromatic amines is 1. The van der Waals surface area contributed by atoms with Gasteiger partial charge in [-0.3, -0.25) is 4.79 Å². The zero-order chi connectivity index (χ0) is 16.3. The van der Waals surface area contributed by atoms with Crippen LogP contribution >= 0.6 is 23.2 Å². The Kier molecular flexibility index (Phi) is 4.89. The first-order chi connectivity index (χ1) is 10.4. The summed E-state index contributed by atoms with van der Waals surface area (Å²) in [6.07, 6.45) is 0. The van der Waals surface area contributed by atoms with E-state index < -0.39 is 17.3 Å². The Hall–Kier alpha value is -2.25. The number of carbonyl (C=O) groups excluding carboxylic acids is 1. The molecule has 22 heavy (non-hydrogen) atoms. The molecule has 0 fully saturated rings. The molecule has 0 aliphatic heterocycles. The number of hydrogen-bond acceptors (Lipinski definition) is 3. The van der Waals surface area contributed by atoms with Gasteiger partial charge in [0.1, 0.15) is 6.67 Å². The van der Waals surface area contributed by atoms with Crippen LogP contribution in [0.5, 0.6) is 0 Å². The van der Waals surface area contributed by atoms with Gasteiger partial charge in [0.2, 0.25) is 0 Å². The van der Waals surface area contributed by atoms with E-state index in [1.807, 2.05) is 0 Å². The van der Waals surface area contributed by atoms with Crippen molar-refractivity contribution < 1.29 is 4.79 Å². The minimum absolute atomic E-state index is 0.271. The highest BCUT2D eigenvalue weighted by molar-refractivity contribution is 6.36. The van der Waals surface area contributed by atoms with E-state index in [0.717, 1.165) is 4.57 Å². The van der Waals surface area contributed by atoms with Crippen molar-refractivity contribution in [1.82, 2.24) is 14.9 Å². The number of H-pyrrole nitrogens is 1. The Morgan fingerprint density at radius 1 is 1.27 bits per heavy atom. The molecule has 116 valence electrons. The molecule has 9 heteroatoms. The number of nitrogens with zero attached hydrogens (tertiary/aromatic N) is 1. The fourth-order valence-electron chi connectivity index (χ4n) is 1.69. The molecule has 0 atom stereocenters. The molecule has 0 unspecified atom stereocenters. The number of rotatable bonds is 3. The summed E-state index contributed by atoms with van der Waals surface area (Å²) in [6.45, 7) is 1.32. The molecule has 2 rings (SSSR count). The average Bonchev–Trinajstić information content (AvgIpc) is 2.40. The van der Waals surface area contributed by atoms with Gasteiger partial charge in [0.15, 0.2) is 0 Å². The standard InChI is InChI=1S/C13H12Cl2N4O3/c1-7-4-11(20)19(13(22)17-7)6-16-12(21)18-10-3-2-8(14)5-9(10)15/h2-5H,6H2,1H3,(H,17,22)(H2,16,18,21). The number of nitrogens with one attached hydrogen (secondary N) is 3. The van der Waals surface area contributed by atoms with Gasteiger partial charge in [0, 0.05) is 16.8 Å². The van der Waals surface area contributed by atoms with Crippen molar-refractivity contribution in [2.24, 2.45) is 0 Å². The monoisotopic (exact) mass is 342 g/mol. The third-order valence-electron chi connectivity index (χ3n) is 2.73. The van der Waals surface area contributed by atoms with E-state index in [1.165, 1.54) is 18.2 Å². The predicted molar refractivity (Wildman–Crippen MR) is 84.7 cm³/mol. The van der Waals surface area contributed by atoms with Gasteiger partial charge >= 0.3 is 11.7 Å². The number of hydrogen-bond donors (Lipinski definition) is 3. The third kappa shape index (κ3) is 3.90. The first kappa shape index (κ1) is 16.1. The summed E-state index contributed by atoms with van der Waals surface area (Å²) in [4.78, 5) is 37.5. The molecular formula is C13H12Cl2N4O3. The van der Waals surface area contributed by atoms with E-state index >= 15 is 0 Å². The Balaban J connectivity index is 2.05. The molecule has 1 heterocycles. The topological polar surface area (TPSA) is 96.0 Å². The summed E-state index contributed by atoms with van der Waals surface area (Å²) >= 11 is 11.7. The van der Waals surface area contributed by atoms with Crippen molar-refractivity contribution in [2.75, 3.05) is 5.32 Å². The van der Waals surface area contributed by atoms with E-state index in [1.54, 1.807) is 13.0 Å². The van der Waals surface area contributed by atoms with E-state index in [2.05, 4.69) is 15.6 Å². The van der Waals surface area contributed by atoms with Crippen molar-refractivity contribution in [3.63, 3.8) is 0 Å². The molecule has 7 nitrogen and oxygen atoms in total. The largest absolute Gasteiger partial charge is 0.330 e. The second-order valence-electron chi connectivity index (χ2n) is 4.44. The maximum atomic E-state index is 11.8. The highest BCUT2D eigenvalue weighted by atomic mass is 35.5. The lowest BCUT2D eigenvalue weighted by molar-refractivity contribution is 0.249. The molecule has 0 radical (unpaired) electrons. The molecule has 2 amide bonds. The minimum atomic E-state index is -0.615. The molecule has 0 saturated carbocycles. The minimum Gasteiger partial charge on any atom is -0.320 e. The van der Waals surface area contributed by atoms with E-state index in [4.69, 9.17) is 23.2 Å². The van der Waals surface area contributed by atoms with E-state index in [9.17, 15) is 14.4 Å². The van der Waals surface area contributed by atoms with Gasteiger partial charge in [0.25, 0.3) is 5.56 Å². The Labute approximate surface area is 134 Å². The predicted octanol–water partition coefficient (Wildman–Crippen LogP) is 1.93. The van der Waals surface area contributed by atoms with Crippen LogP contribution in [0.25, 0.3) is 0 Å². The molecule has 1 aromatic carbocycles. The lowest BCUT2D eigenvalue weighted by atomic mass is 10.3. The zero-order valence-electron chi connectivity index (χ0n) is 11.4. The van der Waals surface area contributed by atoms with Crippen LogP contribution in [-0.2, 0) is 6.67 Å². The van der Waals surface area contributed by atoms with Gasteiger partial charge in [-0.05, 0) is 25.1 Å². The quantitative estimate of drug-likeness (QED) is 0.795. The summed E-state index contributed by atoms with van der Waals surface area (Å²) in [5, 5.41) is 5.59. The molecule has 2 aromatic rings. The summed E-state index contributed by atoms with van der Waals surface area (Å²) in [5.41, 5.74) is -0.307. The third-order valence-corrected chi connectivity index (χ3v) is 3.28. The molecule has 0 aliphatic carbocycles. The van der Waals surface area contributed by atoms with Crippen LogP contribution in [0.3, 0.4) is 0 Å². The van der Waals surface area contributed by atoms with Crippen LogP contribution in [0.4, 0.5) is 10.5 Å². The van der Waals surface area contributed by atoms with Crippen molar-refractivity contribution in [2.45, 2.75) is 13.6 Å². The highest BCUT2D eigenvalue weighted by Crippen LogP contribution is 2.25. The normalized spacial score (nSPS) is 10.3. The van der Waals surface area contributed by atoms with Crippen molar-refractivity contribution in [3.05, 3.63) is 60.8 Å². The van der Waals surface area contributed by atoms with Crippen LogP contribution < -0.4 is 21.9 Å².